The molecule has 1 unspecified atom stereocenters. The molecule has 1 fully saturated rings. The summed E-state index contributed by atoms with van der Waals surface area (Å²) in [6, 6.07) is 8.11. The zero-order chi connectivity index (χ0) is 17.8. The number of benzene rings is 1. The number of methoxy groups -OCH3 is 1. The molecule has 1 aromatic heterocycles. The monoisotopic (exact) mass is 344 g/mol. The third-order valence-electron chi connectivity index (χ3n) is 4.50. The van der Waals surface area contributed by atoms with Gasteiger partial charge in [0.1, 0.15) is 11.6 Å². The molecule has 8 heteroatoms. The van der Waals surface area contributed by atoms with Gasteiger partial charge in [0, 0.05) is 38.5 Å². The molecule has 1 aromatic carbocycles. The number of nitrogen functional groups attached to an aromatic ring is 1. The third-order valence-corrected chi connectivity index (χ3v) is 4.50. The predicted molar refractivity (Wildman–Crippen MR) is 95.5 cm³/mol. The van der Waals surface area contributed by atoms with Crippen LogP contribution in [0.1, 0.15) is 19.2 Å². The number of nitrogens with zero attached hydrogens (tertiary/aromatic N) is 4. The molecule has 3 rings (SSSR count). The van der Waals surface area contributed by atoms with Gasteiger partial charge in [0.15, 0.2) is 0 Å². The number of rotatable bonds is 5. The van der Waals surface area contributed by atoms with E-state index in [0.717, 1.165) is 24.5 Å². The van der Waals surface area contributed by atoms with Crippen molar-refractivity contribution in [3.8, 4) is 5.75 Å². The molecular weight excluding hydrogens is 320 g/mol. The second kappa shape index (κ2) is 7.42. The number of hydrogen-bond acceptors (Lipinski definition) is 6. The molecule has 0 spiro atoms. The fraction of sp³-hybridized carbons (Fsp3) is 0.471. The van der Waals surface area contributed by atoms with Crippen LogP contribution in [0.15, 0.2) is 24.3 Å². The van der Waals surface area contributed by atoms with E-state index in [-0.39, 0.29) is 17.9 Å². The van der Waals surface area contributed by atoms with Gasteiger partial charge in [-0.1, -0.05) is 12.1 Å². The lowest BCUT2D eigenvalue weighted by Crippen LogP contribution is -2.54. The van der Waals surface area contributed by atoms with Crippen molar-refractivity contribution >= 4 is 17.5 Å². The highest BCUT2D eigenvalue weighted by Gasteiger charge is 2.28. The van der Waals surface area contributed by atoms with Crippen LogP contribution in [0, 0.1) is 0 Å². The first-order valence-corrected chi connectivity index (χ1v) is 8.42. The highest BCUT2D eigenvalue weighted by molar-refractivity contribution is 5.77. The molecule has 2 aromatic rings. The lowest BCUT2D eigenvalue weighted by Gasteiger charge is -2.41. The van der Waals surface area contributed by atoms with Crippen molar-refractivity contribution in [2.75, 3.05) is 37.4 Å². The number of ether oxygens (including phenoxy) is 1. The predicted octanol–water partition coefficient (Wildman–Crippen LogP) is 1.07. The van der Waals surface area contributed by atoms with Gasteiger partial charge >= 0.3 is 0 Å². The quantitative estimate of drug-likeness (QED) is 0.841. The van der Waals surface area contributed by atoms with Gasteiger partial charge in [-0.25, -0.2) is 0 Å². The largest absolute Gasteiger partial charge is 0.495 e. The average Bonchev–Trinajstić information content (AvgIpc) is 3.05. The maximum Gasteiger partial charge on any atom is 0.239 e. The Hall–Kier alpha value is -2.77. The van der Waals surface area contributed by atoms with E-state index in [1.807, 2.05) is 23.1 Å². The number of nitrogens with one attached hydrogen (secondary N) is 1. The van der Waals surface area contributed by atoms with E-state index in [2.05, 4.69) is 33.1 Å². The Morgan fingerprint density at radius 2 is 2.20 bits per heavy atom. The summed E-state index contributed by atoms with van der Waals surface area (Å²) in [5.41, 5.74) is 6.55. The number of aromatic amines is 1. The van der Waals surface area contributed by atoms with Crippen molar-refractivity contribution in [3.63, 3.8) is 0 Å². The van der Waals surface area contributed by atoms with Crippen molar-refractivity contribution < 1.29 is 9.53 Å². The summed E-state index contributed by atoms with van der Waals surface area (Å²) in [6.07, 6.45) is 0.913. The fourth-order valence-electron chi connectivity index (χ4n) is 3.23. The van der Waals surface area contributed by atoms with E-state index in [0.29, 0.717) is 25.2 Å². The first kappa shape index (κ1) is 17.1. The summed E-state index contributed by atoms with van der Waals surface area (Å²) in [4.78, 5) is 20.8. The van der Waals surface area contributed by atoms with Crippen molar-refractivity contribution in [1.82, 2.24) is 20.1 Å². The topological polar surface area (TPSA) is 100 Å². The number of nitrogens with two attached hydrogens (primary N) is 1. The molecule has 134 valence electrons. The van der Waals surface area contributed by atoms with Crippen LogP contribution in [-0.4, -0.2) is 58.8 Å². The minimum absolute atomic E-state index is 0.127. The van der Waals surface area contributed by atoms with E-state index in [1.165, 1.54) is 0 Å². The highest BCUT2D eigenvalue weighted by Crippen LogP contribution is 2.29. The van der Waals surface area contributed by atoms with Crippen molar-refractivity contribution in [2.24, 2.45) is 0 Å². The van der Waals surface area contributed by atoms with Crippen molar-refractivity contribution in [1.29, 1.82) is 0 Å². The number of carbonyl (C=O) groups is 1. The zero-order valence-corrected chi connectivity index (χ0v) is 14.6. The summed E-state index contributed by atoms with van der Waals surface area (Å²) < 4.78 is 5.45. The molecular formula is C17H24N6O2. The molecule has 0 bridgehead atoms. The minimum Gasteiger partial charge on any atom is -0.495 e. The van der Waals surface area contributed by atoms with Gasteiger partial charge in [0.05, 0.1) is 12.8 Å². The fourth-order valence-corrected chi connectivity index (χ4v) is 3.23. The van der Waals surface area contributed by atoms with Gasteiger partial charge in [-0.2, -0.15) is 4.98 Å². The van der Waals surface area contributed by atoms with Gasteiger partial charge < -0.3 is 20.3 Å². The lowest BCUT2D eigenvalue weighted by molar-refractivity contribution is -0.133. The summed E-state index contributed by atoms with van der Waals surface area (Å²) in [5.74, 6) is 1.84. The zero-order valence-electron chi connectivity index (χ0n) is 14.6. The van der Waals surface area contributed by atoms with Crippen LogP contribution in [0.4, 0.5) is 11.6 Å². The molecule has 0 aliphatic carbocycles. The Kier molecular flexibility index (Phi) is 5.06. The van der Waals surface area contributed by atoms with Crippen LogP contribution in [-0.2, 0) is 11.2 Å². The molecule has 2 heterocycles. The lowest BCUT2D eigenvalue weighted by atomic mass is 10.1. The van der Waals surface area contributed by atoms with E-state index in [9.17, 15) is 4.79 Å². The van der Waals surface area contributed by atoms with Gasteiger partial charge in [-0.15, -0.1) is 5.10 Å². The Labute approximate surface area is 147 Å². The summed E-state index contributed by atoms with van der Waals surface area (Å²) >= 11 is 0. The van der Waals surface area contributed by atoms with Gasteiger partial charge in [0.25, 0.3) is 0 Å². The summed E-state index contributed by atoms with van der Waals surface area (Å²) in [6.45, 7) is 4.33. The molecule has 8 nitrogen and oxygen atoms in total. The number of aryl methyl sites for hydroxylation is 1. The Morgan fingerprint density at radius 1 is 1.40 bits per heavy atom. The van der Waals surface area contributed by atoms with Crippen LogP contribution in [0.3, 0.4) is 0 Å². The first-order chi connectivity index (χ1) is 12.1. The summed E-state index contributed by atoms with van der Waals surface area (Å²) in [7, 11) is 1.68. The number of piperazine rings is 1. The number of hydrogen-bond donors (Lipinski definition) is 2. The number of carbonyl (C=O) groups excluding carboxylic acids is 1. The van der Waals surface area contributed by atoms with Crippen LogP contribution < -0.4 is 15.4 Å². The third kappa shape index (κ3) is 3.84. The number of amides is 1. The van der Waals surface area contributed by atoms with Crippen LogP contribution in [0.25, 0.3) is 0 Å². The molecule has 0 radical (unpaired) electrons. The molecule has 3 N–H and O–H groups in total. The van der Waals surface area contributed by atoms with Crippen LogP contribution in [0.2, 0.25) is 0 Å². The van der Waals surface area contributed by atoms with E-state index in [1.54, 1.807) is 7.11 Å². The Balaban J connectivity index is 1.58. The number of anilines is 2. The second-order valence-electron chi connectivity index (χ2n) is 6.19. The van der Waals surface area contributed by atoms with E-state index < -0.39 is 0 Å². The summed E-state index contributed by atoms with van der Waals surface area (Å²) in [5, 5.41) is 6.52. The van der Waals surface area contributed by atoms with Crippen molar-refractivity contribution in [2.45, 2.75) is 25.8 Å². The highest BCUT2D eigenvalue weighted by atomic mass is 16.5. The first-order valence-electron chi connectivity index (χ1n) is 8.42. The van der Waals surface area contributed by atoms with Gasteiger partial charge in [0.2, 0.25) is 11.9 Å². The smallest absolute Gasteiger partial charge is 0.239 e. The maximum atomic E-state index is 12.5. The van der Waals surface area contributed by atoms with Gasteiger partial charge in [-0.05, 0) is 19.1 Å². The second-order valence-corrected chi connectivity index (χ2v) is 6.19. The van der Waals surface area contributed by atoms with E-state index >= 15 is 0 Å². The number of aromatic nitrogens is 3. The Bertz CT molecular complexity index is 731. The maximum absolute atomic E-state index is 12.5. The normalized spacial score (nSPS) is 17.6. The SMILES string of the molecule is COc1ccccc1N1CCN(C(=O)CCc2nc(N)n[nH]2)C(C)C1. The number of para-hydroxylation sites is 2. The molecule has 1 atom stereocenters. The molecule has 0 saturated carbocycles. The molecule has 1 aliphatic heterocycles. The van der Waals surface area contributed by atoms with Crippen LogP contribution in [0.5, 0.6) is 5.75 Å². The Morgan fingerprint density at radius 3 is 2.88 bits per heavy atom. The van der Waals surface area contributed by atoms with E-state index in [4.69, 9.17) is 10.5 Å². The minimum atomic E-state index is 0.127. The molecule has 1 amide bonds. The molecule has 25 heavy (non-hydrogen) atoms. The molecule has 1 aliphatic rings. The number of H-pyrrole nitrogens is 1. The van der Waals surface area contributed by atoms with Crippen LogP contribution >= 0.6 is 0 Å². The average molecular weight is 344 g/mol. The standard InChI is InChI=1S/C17H24N6O2/c1-12-11-22(13-5-3-4-6-14(13)25-2)9-10-23(12)16(24)8-7-15-19-17(18)21-20-15/h3-6,12H,7-11H2,1-2H3,(H3,18,19,20,21). The van der Waals surface area contributed by atoms with Gasteiger partial charge in [-0.3, -0.25) is 9.89 Å². The van der Waals surface area contributed by atoms with Crippen molar-refractivity contribution in [3.05, 3.63) is 30.1 Å². The molecule has 1 saturated heterocycles.